The van der Waals surface area contributed by atoms with E-state index < -0.39 is 17.2 Å². The lowest BCUT2D eigenvalue weighted by atomic mass is 9.73. The minimum Gasteiger partial charge on any atom is -0.481 e. The van der Waals surface area contributed by atoms with Crippen LogP contribution < -0.4 is 10.6 Å². The molecule has 0 aliphatic carbocycles. The first kappa shape index (κ1) is 21.2. The topological polar surface area (TPSA) is 92.1 Å². The van der Waals surface area contributed by atoms with Gasteiger partial charge in [0.05, 0.1) is 16.6 Å². The van der Waals surface area contributed by atoms with Crippen LogP contribution in [0.15, 0.2) is 18.2 Å². The molecule has 3 rings (SSSR count). The molecule has 0 radical (unpaired) electrons. The van der Waals surface area contributed by atoms with Gasteiger partial charge in [0.1, 0.15) is 5.82 Å². The van der Waals surface area contributed by atoms with Gasteiger partial charge in [-0.1, -0.05) is 0 Å². The third-order valence-electron chi connectivity index (χ3n) is 5.38. The molecular weight excluding hydrogens is 373 g/mol. The highest BCUT2D eigenvalue weighted by molar-refractivity contribution is 5.75. The number of carboxylic acids is 1. The van der Waals surface area contributed by atoms with Gasteiger partial charge in [0.2, 0.25) is 0 Å². The second-order valence-corrected chi connectivity index (χ2v) is 9.08. The number of aliphatic carboxylic acids is 1. The van der Waals surface area contributed by atoms with Crippen LogP contribution in [0.1, 0.15) is 51.9 Å². The highest BCUT2D eigenvalue weighted by atomic mass is 19.1. The number of aryl methyl sites for hydroxylation is 1. The van der Waals surface area contributed by atoms with E-state index in [1.807, 2.05) is 40.7 Å². The molecule has 3 heterocycles. The number of aromatic nitrogens is 3. The molecule has 1 fully saturated rings. The van der Waals surface area contributed by atoms with Crippen molar-refractivity contribution in [1.29, 1.82) is 0 Å². The van der Waals surface area contributed by atoms with E-state index in [9.17, 15) is 14.3 Å². The third kappa shape index (κ3) is 4.58. The molecule has 7 nitrogen and oxygen atoms in total. The summed E-state index contributed by atoms with van der Waals surface area (Å²) in [5, 5.41) is 20.7. The summed E-state index contributed by atoms with van der Waals surface area (Å²) in [7, 11) is 0. The zero-order valence-electron chi connectivity index (χ0n) is 17.7. The number of piperidine rings is 1. The van der Waals surface area contributed by atoms with Crippen LogP contribution in [-0.4, -0.2) is 38.4 Å². The van der Waals surface area contributed by atoms with E-state index in [-0.39, 0.29) is 23.8 Å². The molecule has 2 aromatic rings. The van der Waals surface area contributed by atoms with Crippen LogP contribution in [-0.2, 0) is 16.8 Å². The Morgan fingerprint density at radius 1 is 1.45 bits per heavy atom. The molecule has 1 aliphatic heterocycles. The molecule has 0 bridgehead atoms. The summed E-state index contributed by atoms with van der Waals surface area (Å²) in [5.74, 6) is -0.596. The molecule has 1 saturated heterocycles. The van der Waals surface area contributed by atoms with Crippen LogP contribution in [0, 0.1) is 18.2 Å². The number of hydrogen-bond acceptors (Lipinski definition) is 5. The van der Waals surface area contributed by atoms with Gasteiger partial charge in [0.15, 0.2) is 11.6 Å². The quantitative estimate of drug-likeness (QED) is 0.706. The molecule has 1 aliphatic rings. The molecular formula is C21H30FN5O2. The minimum absolute atomic E-state index is 0.0791. The monoisotopic (exact) mass is 403 g/mol. The van der Waals surface area contributed by atoms with E-state index in [1.165, 1.54) is 6.07 Å². The Morgan fingerprint density at radius 3 is 2.79 bits per heavy atom. The zero-order valence-corrected chi connectivity index (χ0v) is 17.7. The maximum absolute atomic E-state index is 14.5. The van der Waals surface area contributed by atoms with E-state index >= 15 is 0 Å². The number of rotatable bonds is 5. The molecule has 8 heteroatoms. The molecule has 0 saturated carbocycles. The van der Waals surface area contributed by atoms with Crippen LogP contribution in [0.25, 0.3) is 0 Å². The number of nitrogens with zero attached hydrogens (tertiary/aromatic N) is 3. The molecule has 0 spiro atoms. The number of carboxylic acid groups (broad SMARTS) is 1. The zero-order chi connectivity index (χ0) is 21.4. The van der Waals surface area contributed by atoms with Crippen LogP contribution in [0.4, 0.5) is 16.0 Å². The van der Waals surface area contributed by atoms with E-state index in [1.54, 1.807) is 10.7 Å². The first-order valence-electron chi connectivity index (χ1n) is 9.96. The molecule has 3 N–H and O–H groups in total. The highest BCUT2D eigenvalue weighted by Gasteiger charge is 2.42. The number of pyridine rings is 1. The van der Waals surface area contributed by atoms with E-state index in [4.69, 9.17) is 0 Å². The lowest BCUT2D eigenvalue weighted by Gasteiger charge is -2.37. The fourth-order valence-electron chi connectivity index (χ4n) is 3.99. The Kier molecular flexibility index (Phi) is 5.67. The van der Waals surface area contributed by atoms with Crippen molar-refractivity contribution >= 4 is 17.6 Å². The Bertz CT molecular complexity index is 905. The fraction of sp³-hybridized carbons (Fsp3) is 0.571. The van der Waals surface area contributed by atoms with Crippen LogP contribution in [0.3, 0.4) is 0 Å². The Labute approximate surface area is 170 Å². The van der Waals surface area contributed by atoms with Crippen molar-refractivity contribution in [2.24, 2.45) is 5.41 Å². The summed E-state index contributed by atoms with van der Waals surface area (Å²) in [6.45, 7) is 10.5. The largest absolute Gasteiger partial charge is 0.481 e. The van der Waals surface area contributed by atoms with E-state index in [0.29, 0.717) is 30.9 Å². The number of hydrogen-bond donors (Lipinski definition) is 3. The van der Waals surface area contributed by atoms with E-state index in [2.05, 4.69) is 20.7 Å². The Hall–Kier alpha value is -2.48. The Morgan fingerprint density at radius 2 is 2.17 bits per heavy atom. The fourth-order valence-corrected chi connectivity index (χ4v) is 3.99. The van der Waals surface area contributed by atoms with E-state index in [0.717, 1.165) is 5.69 Å². The molecule has 0 amide bonds. The summed E-state index contributed by atoms with van der Waals surface area (Å²) in [4.78, 5) is 16.5. The van der Waals surface area contributed by atoms with Gasteiger partial charge in [-0.25, -0.2) is 14.1 Å². The van der Waals surface area contributed by atoms with Gasteiger partial charge < -0.3 is 15.7 Å². The van der Waals surface area contributed by atoms with Crippen molar-refractivity contribution in [2.45, 2.75) is 65.5 Å². The van der Waals surface area contributed by atoms with Gasteiger partial charge in [0.25, 0.3) is 0 Å². The first-order valence-corrected chi connectivity index (χ1v) is 9.96. The summed E-state index contributed by atoms with van der Waals surface area (Å²) < 4.78 is 16.3. The number of halogens is 1. The average Bonchev–Trinajstić information content (AvgIpc) is 2.98. The van der Waals surface area contributed by atoms with Crippen molar-refractivity contribution in [3.63, 3.8) is 0 Å². The maximum atomic E-state index is 14.5. The second kappa shape index (κ2) is 7.74. The number of anilines is 2. The van der Waals surface area contributed by atoms with Gasteiger partial charge in [-0.15, -0.1) is 0 Å². The summed E-state index contributed by atoms with van der Waals surface area (Å²) >= 11 is 0. The molecule has 2 aromatic heterocycles. The van der Waals surface area contributed by atoms with Gasteiger partial charge in [-0.2, -0.15) is 5.10 Å². The lowest BCUT2D eigenvalue weighted by molar-refractivity contribution is -0.151. The predicted octanol–water partition coefficient (Wildman–Crippen LogP) is 3.61. The van der Waals surface area contributed by atoms with Crippen molar-refractivity contribution in [3.05, 3.63) is 35.4 Å². The first-order chi connectivity index (χ1) is 13.5. The molecule has 158 valence electrons. The minimum atomic E-state index is -0.892. The SMILES string of the molecule is Cc1cc(Nc2nc(C[C@@]3(C(=O)O)CCN[C@H](C)C3)ccc2F)n(C(C)(C)C)n1. The smallest absolute Gasteiger partial charge is 0.310 e. The molecule has 2 atom stereocenters. The van der Waals surface area contributed by atoms with Gasteiger partial charge in [-0.05, 0) is 66.1 Å². The molecule has 0 unspecified atom stereocenters. The lowest BCUT2D eigenvalue weighted by Crippen LogP contribution is -2.47. The van der Waals surface area contributed by atoms with Crippen LogP contribution in [0.5, 0.6) is 0 Å². The van der Waals surface area contributed by atoms with Gasteiger partial charge in [-0.3, -0.25) is 4.79 Å². The third-order valence-corrected chi connectivity index (χ3v) is 5.38. The van der Waals surface area contributed by atoms with Crippen LogP contribution in [0.2, 0.25) is 0 Å². The maximum Gasteiger partial charge on any atom is 0.310 e. The van der Waals surface area contributed by atoms with Gasteiger partial charge >= 0.3 is 5.97 Å². The van der Waals surface area contributed by atoms with Crippen LogP contribution >= 0.6 is 0 Å². The summed E-state index contributed by atoms with van der Waals surface area (Å²) in [5.41, 5.74) is 0.191. The summed E-state index contributed by atoms with van der Waals surface area (Å²) in [6, 6.07) is 4.87. The molecule has 29 heavy (non-hydrogen) atoms. The van der Waals surface area contributed by atoms with Gasteiger partial charge in [0, 0.05) is 24.2 Å². The molecule has 0 aromatic carbocycles. The van der Waals surface area contributed by atoms with Crippen molar-refractivity contribution in [2.75, 3.05) is 11.9 Å². The van der Waals surface area contributed by atoms with Crippen molar-refractivity contribution < 1.29 is 14.3 Å². The Balaban J connectivity index is 1.90. The predicted molar refractivity (Wildman–Crippen MR) is 110 cm³/mol. The number of nitrogens with one attached hydrogen (secondary N) is 2. The summed E-state index contributed by atoms with van der Waals surface area (Å²) in [6.07, 6.45) is 1.30. The van der Waals surface area contributed by atoms with Crippen molar-refractivity contribution in [1.82, 2.24) is 20.1 Å². The average molecular weight is 404 g/mol. The second-order valence-electron chi connectivity index (χ2n) is 9.08. The standard InChI is InChI=1S/C21H30FN5O2/c1-13-10-17(27(26-13)20(3,4)5)25-18-16(22)7-6-15(24-18)12-21(19(28)29)8-9-23-14(2)11-21/h6-7,10,14,23H,8-9,11-12H2,1-5H3,(H,24,25)(H,28,29)/t14-,21-/m1/s1. The van der Waals surface area contributed by atoms with Crippen molar-refractivity contribution in [3.8, 4) is 0 Å². The number of carbonyl (C=O) groups is 1. The highest BCUT2D eigenvalue weighted by Crippen LogP contribution is 2.35. The normalized spacial score (nSPS) is 22.5.